The molecule has 0 N–H and O–H groups in total. The van der Waals surface area contributed by atoms with E-state index in [-0.39, 0.29) is 18.4 Å². The Hall–Kier alpha value is -1.58. The predicted octanol–water partition coefficient (Wildman–Crippen LogP) is -0.742. The van der Waals surface area contributed by atoms with Crippen LogP contribution in [0.4, 0.5) is 0 Å². The Kier molecular flexibility index (Phi) is 5.66. The third kappa shape index (κ3) is 4.95. The molecule has 0 bridgehead atoms. The zero-order chi connectivity index (χ0) is 17.0. The van der Waals surface area contributed by atoms with Crippen LogP contribution in [0.3, 0.4) is 0 Å². The number of rotatable bonds is 4. The number of hydrogen-bond donors (Lipinski definition) is 0. The molecule has 1 amide bonds. The normalized spacial score (nSPS) is 20.9. The molecule has 128 valence electrons. The van der Waals surface area contributed by atoms with Crippen LogP contribution < -0.4 is 0 Å². The molecule has 9 heteroatoms. The smallest absolute Gasteiger partial charge is 0.227 e. The van der Waals surface area contributed by atoms with Gasteiger partial charge in [-0.3, -0.25) is 9.69 Å². The lowest BCUT2D eigenvalue weighted by molar-refractivity contribution is -0.133. The maximum atomic E-state index is 12.4. The van der Waals surface area contributed by atoms with Gasteiger partial charge >= 0.3 is 0 Å². The van der Waals surface area contributed by atoms with Crippen molar-refractivity contribution in [2.45, 2.75) is 6.54 Å². The molecule has 2 heterocycles. The van der Waals surface area contributed by atoms with E-state index in [9.17, 15) is 13.2 Å². The summed E-state index contributed by atoms with van der Waals surface area (Å²) in [5.74, 6) is -0.443. The van der Waals surface area contributed by atoms with Gasteiger partial charge in [0.05, 0.1) is 12.2 Å². The van der Waals surface area contributed by atoms with Crippen LogP contribution in [0.5, 0.6) is 0 Å². The summed E-state index contributed by atoms with van der Waals surface area (Å²) >= 11 is 0. The second-order valence-electron chi connectivity index (χ2n) is 6.03. The highest BCUT2D eigenvalue weighted by molar-refractivity contribution is 7.88. The molecule has 1 fully saturated rings. The van der Waals surface area contributed by atoms with E-state index in [0.29, 0.717) is 26.2 Å². The summed E-state index contributed by atoms with van der Waals surface area (Å²) in [4.78, 5) is 23.9. The summed E-state index contributed by atoms with van der Waals surface area (Å²) in [5, 5.41) is 0. The maximum Gasteiger partial charge on any atom is 0.227 e. The summed E-state index contributed by atoms with van der Waals surface area (Å²) in [7, 11) is 0.0494. The second-order valence-corrected chi connectivity index (χ2v) is 8.01. The van der Waals surface area contributed by atoms with E-state index in [2.05, 4.69) is 14.9 Å². The fourth-order valence-corrected chi connectivity index (χ4v) is 3.55. The highest BCUT2D eigenvalue weighted by Gasteiger charge is 2.32. The highest BCUT2D eigenvalue weighted by atomic mass is 32.2. The third-order valence-corrected chi connectivity index (χ3v) is 5.12. The maximum absolute atomic E-state index is 12.4. The van der Waals surface area contributed by atoms with Gasteiger partial charge in [-0.15, -0.1) is 0 Å². The number of sulfonamides is 1. The quantitative estimate of drug-likeness (QED) is 0.717. The first-order chi connectivity index (χ1) is 10.8. The van der Waals surface area contributed by atoms with E-state index in [1.54, 1.807) is 26.5 Å². The molecule has 1 aromatic heterocycles. The number of carbonyl (C=O) groups excluding carboxylic acids is 1. The first-order valence-electron chi connectivity index (χ1n) is 7.40. The molecular weight excluding hydrogens is 318 g/mol. The molecule has 0 aromatic carbocycles. The lowest BCUT2D eigenvalue weighted by Gasteiger charge is -2.25. The van der Waals surface area contributed by atoms with E-state index < -0.39 is 10.0 Å². The van der Waals surface area contributed by atoms with E-state index in [1.807, 2.05) is 0 Å². The van der Waals surface area contributed by atoms with Gasteiger partial charge in [0.15, 0.2) is 0 Å². The molecule has 1 aliphatic rings. The summed E-state index contributed by atoms with van der Waals surface area (Å²) in [6.45, 7) is 2.27. The molecule has 1 saturated heterocycles. The highest BCUT2D eigenvalue weighted by Crippen LogP contribution is 2.16. The van der Waals surface area contributed by atoms with Gasteiger partial charge < -0.3 is 4.90 Å². The van der Waals surface area contributed by atoms with Gasteiger partial charge in [-0.05, 0) is 0 Å². The zero-order valence-corrected chi connectivity index (χ0v) is 14.5. The van der Waals surface area contributed by atoms with Crippen molar-refractivity contribution in [3.63, 3.8) is 0 Å². The van der Waals surface area contributed by atoms with Crippen LogP contribution in [-0.2, 0) is 21.4 Å². The standard InChI is InChI=1S/C14H23N5O3S/c1-17(2)14(20)13-9-18(8-12-6-15-11-16-7-12)4-5-19(10-13)23(3,21)22/h6-7,11,13H,4-5,8-10H2,1-3H3. The fourth-order valence-electron chi connectivity index (χ4n) is 2.69. The minimum atomic E-state index is -3.33. The molecule has 0 saturated carbocycles. The zero-order valence-electron chi connectivity index (χ0n) is 13.7. The van der Waals surface area contributed by atoms with Gasteiger partial charge in [0.1, 0.15) is 6.33 Å². The first-order valence-corrected chi connectivity index (χ1v) is 9.24. The Bertz CT molecular complexity index is 635. The summed E-state index contributed by atoms with van der Waals surface area (Å²) in [6, 6.07) is 0. The van der Waals surface area contributed by atoms with Crippen molar-refractivity contribution in [2.75, 3.05) is 46.5 Å². The molecule has 1 aromatic rings. The minimum Gasteiger partial charge on any atom is -0.348 e. The van der Waals surface area contributed by atoms with Gasteiger partial charge in [-0.1, -0.05) is 0 Å². The Balaban J connectivity index is 2.17. The predicted molar refractivity (Wildman–Crippen MR) is 85.9 cm³/mol. The van der Waals surface area contributed by atoms with Crippen LogP contribution in [-0.4, -0.2) is 84.9 Å². The fraction of sp³-hybridized carbons (Fsp3) is 0.643. The van der Waals surface area contributed by atoms with Crippen molar-refractivity contribution in [1.82, 2.24) is 24.1 Å². The molecule has 0 radical (unpaired) electrons. The van der Waals surface area contributed by atoms with E-state index in [1.165, 1.54) is 21.8 Å². The Morgan fingerprint density at radius 2 is 1.91 bits per heavy atom. The first kappa shape index (κ1) is 17.8. The SMILES string of the molecule is CN(C)C(=O)C1CN(Cc2cncnc2)CCN(S(C)(=O)=O)C1. The summed E-state index contributed by atoms with van der Waals surface area (Å²) < 4.78 is 25.2. The van der Waals surface area contributed by atoms with Crippen LogP contribution in [0, 0.1) is 5.92 Å². The number of hydrogen-bond acceptors (Lipinski definition) is 6. The molecule has 0 spiro atoms. The largest absolute Gasteiger partial charge is 0.348 e. The lowest BCUT2D eigenvalue weighted by Crippen LogP contribution is -2.41. The molecular formula is C14H23N5O3S. The van der Waals surface area contributed by atoms with E-state index >= 15 is 0 Å². The van der Waals surface area contributed by atoms with Crippen molar-refractivity contribution in [2.24, 2.45) is 5.92 Å². The number of amides is 1. The molecule has 2 rings (SSSR count). The van der Waals surface area contributed by atoms with Gasteiger partial charge in [-0.2, -0.15) is 0 Å². The molecule has 1 aliphatic heterocycles. The monoisotopic (exact) mass is 341 g/mol. The summed E-state index contributed by atoms with van der Waals surface area (Å²) in [6.07, 6.45) is 6.12. The van der Waals surface area contributed by atoms with Crippen molar-refractivity contribution in [3.8, 4) is 0 Å². The van der Waals surface area contributed by atoms with Crippen molar-refractivity contribution >= 4 is 15.9 Å². The van der Waals surface area contributed by atoms with Crippen LogP contribution in [0.2, 0.25) is 0 Å². The topological polar surface area (TPSA) is 86.7 Å². The lowest BCUT2D eigenvalue weighted by atomic mass is 10.1. The number of carbonyl (C=O) groups is 1. The van der Waals surface area contributed by atoms with Gasteiger partial charge in [-0.25, -0.2) is 22.7 Å². The molecule has 8 nitrogen and oxygen atoms in total. The van der Waals surface area contributed by atoms with Gasteiger partial charge in [0, 0.05) is 64.8 Å². The van der Waals surface area contributed by atoms with Crippen molar-refractivity contribution in [1.29, 1.82) is 0 Å². The second kappa shape index (κ2) is 7.33. The number of nitrogens with zero attached hydrogens (tertiary/aromatic N) is 5. The van der Waals surface area contributed by atoms with Crippen LogP contribution in [0.15, 0.2) is 18.7 Å². The van der Waals surface area contributed by atoms with Crippen LogP contribution >= 0.6 is 0 Å². The van der Waals surface area contributed by atoms with Gasteiger partial charge in [0.2, 0.25) is 15.9 Å². The Labute approximate surface area is 137 Å². The number of aromatic nitrogens is 2. The molecule has 1 unspecified atom stereocenters. The average Bonchev–Trinajstić information content (AvgIpc) is 2.70. The van der Waals surface area contributed by atoms with Crippen LogP contribution in [0.1, 0.15) is 5.56 Å². The summed E-state index contributed by atoms with van der Waals surface area (Å²) in [5.41, 5.74) is 0.941. The molecule has 23 heavy (non-hydrogen) atoms. The Morgan fingerprint density at radius 3 is 2.48 bits per heavy atom. The van der Waals surface area contributed by atoms with Gasteiger partial charge in [0.25, 0.3) is 0 Å². The van der Waals surface area contributed by atoms with Crippen molar-refractivity contribution < 1.29 is 13.2 Å². The van der Waals surface area contributed by atoms with Crippen molar-refractivity contribution in [3.05, 3.63) is 24.3 Å². The minimum absolute atomic E-state index is 0.0603. The molecule has 1 atom stereocenters. The Morgan fingerprint density at radius 1 is 1.26 bits per heavy atom. The van der Waals surface area contributed by atoms with E-state index in [4.69, 9.17) is 0 Å². The molecule has 0 aliphatic carbocycles. The van der Waals surface area contributed by atoms with Crippen LogP contribution in [0.25, 0.3) is 0 Å². The average molecular weight is 341 g/mol. The van der Waals surface area contributed by atoms with E-state index in [0.717, 1.165) is 5.56 Å². The third-order valence-electron chi connectivity index (χ3n) is 3.85.